The summed E-state index contributed by atoms with van der Waals surface area (Å²) in [5, 5.41) is -1.05. The first-order valence-electron chi connectivity index (χ1n) is 8.44. The predicted octanol–water partition coefficient (Wildman–Crippen LogP) is 2.62. The van der Waals surface area contributed by atoms with E-state index in [9.17, 15) is 16.8 Å². The fourth-order valence-electron chi connectivity index (χ4n) is 2.47. The highest BCUT2D eigenvalue weighted by Crippen LogP contribution is 2.28. The maximum absolute atomic E-state index is 13.1. The van der Waals surface area contributed by atoms with Crippen molar-refractivity contribution < 1.29 is 16.8 Å². The van der Waals surface area contributed by atoms with E-state index in [-0.39, 0.29) is 17.2 Å². The van der Waals surface area contributed by atoms with Crippen molar-refractivity contribution in [1.29, 1.82) is 0 Å². The molecule has 26 heavy (non-hydrogen) atoms. The van der Waals surface area contributed by atoms with Crippen LogP contribution in [0.2, 0.25) is 0 Å². The van der Waals surface area contributed by atoms with Gasteiger partial charge in [0, 0.05) is 18.9 Å². The van der Waals surface area contributed by atoms with E-state index in [1.54, 1.807) is 42.6 Å². The summed E-state index contributed by atoms with van der Waals surface area (Å²) in [6.07, 6.45) is 4.27. The van der Waals surface area contributed by atoms with Crippen LogP contribution in [-0.2, 0) is 19.9 Å². The fourth-order valence-corrected chi connectivity index (χ4v) is 5.46. The monoisotopic (exact) mass is 396 g/mol. The average Bonchev–Trinajstić information content (AvgIpc) is 2.61. The first-order chi connectivity index (χ1) is 12.3. The number of aromatic nitrogens is 1. The van der Waals surface area contributed by atoms with Crippen LogP contribution in [-0.4, -0.2) is 34.1 Å². The number of benzene rings is 1. The molecule has 0 aliphatic rings. The van der Waals surface area contributed by atoms with Crippen molar-refractivity contribution in [3.05, 3.63) is 59.9 Å². The van der Waals surface area contributed by atoms with Crippen LogP contribution >= 0.6 is 0 Å². The minimum atomic E-state index is -3.78. The van der Waals surface area contributed by atoms with Crippen molar-refractivity contribution in [3.63, 3.8) is 0 Å². The molecule has 1 atom stereocenters. The second kappa shape index (κ2) is 8.75. The Morgan fingerprint density at radius 1 is 1.08 bits per heavy atom. The fraction of sp³-hybridized carbons (Fsp3) is 0.389. The van der Waals surface area contributed by atoms with Gasteiger partial charge in [0.15, 0.2) is 9.84 Å². The topological polar surface area (TPSA) is 93.2 Å². The van der Waals surface area contributed by atoms with E-state index in [2.05, 4.69) is 9.71 Å². The standard InChI is InChI=1S/C18H24N2O4S2/c1-3-4-12-25(21,22)20-14-18(16-6-5-11-19-13-16)26(23,24)17-9-7-15(2)8-10-17/h5-11,13,18,20H,3-4,12,14H2,1-2H3. The third-order valence-electron chi connectivity index (χ3n) is 4.04. The molecule has 1 aromatic carbocycles. The highest BCUT2D eigenvalue weighted by molar-refractivity contribution is 7.92. The van der Waals surface area contributed by atoms with Gasteiger partial charge < -0.3 is 0 Å². The summed E-state index contributed by atoms with van der Waals surface area (Å²) in [6.45, 7) is 3.54. The molecule has 2 rings (SSSR count). The molecule has 0 aliphatic carbocycles. The lowest BCUT2D eigenvalue weighted by molar-refractivity contribution is 0.566. The number of aryl methyl sites for hydroxylation is 1. The van der Waals surface area contributed by atoms with Gasteiger partial charge in [-0.3, -0.25) is 4.98 Å². The van der Waals surface area contributed by atoms with Crippen molar-refractivity contribution in [2.45, 2.75) is 36.8 Å². The maximum atomic E-state index is 13.1. The van der Waals surface area contributed by atoms with Crippen LogP contribution in [0.15, 0.2) is 53.7 Å². The van der Waals surface area contributed by atoms with E-state index in [1.807, 2.05) is 13.8 Å². The first kappa shape index (κ1) is 20.5. The second-order valence-corrected chi connectivity index (χ2v) is 10.2. The Morgan fingerprint density at radius 2 is 1.77 bits per heavy atom. The van der Waals surface area contributed by atoms with E-state index in [1.165, 1.54) is 6.20 Å². The summed E-state index contributed by atoms with van der Waals surface area (Å²) >= 11 is 0. The van der Waals surface area contributed by atoms with Gasteiger partial charge in [0.05, 0.1) is 10.6 Å². The van der Waals surface area contributed by atoms with Crippen molar-refractivity contribution in [1.82, 2.24) is 9.71 Å². The van der Waals surface area contributed by atoms with E-state index in [0.717, 1.165) is 12.0 Å². The zero-order chi connectivity index (χ0) is 19.2. The van der Waals surface area contributed by atoms with Crippen LogP contribution in [0.4, 0.5) is 0 Å². The van der Waals surface area contributed by atoms with Crippen LogP contribution in [0, 0.1) is 6.92 Å². The highest BCUT2D eigenvalue weighted by Gasteiger charge is 2.30. The minimum absolute atomic E-state index is 0.0200. The first-order valence-corrected chi connectivity index (χ1v) is 11.6. The van der Waals surface area contributed by atoms with Gasteiger partial charge in [-0.2, -0.15) is 0 Å². The minimum Gasteiger partial charge on any atom is -0.264 e. The predicted molar refractivity (Wildman–Crippen MR) is 102 cm³/mol. The Hall–Kier alpha value is -1.77. The van der Waals surface area contributed by atoms with Crippen LogP contribution in [0.5, 0.6) is 0 Å². The molecular formula is C18H24N2O4S2. The van der Waals surface area contributed by atoms with Gasteiger partial charge in [-0.25, -0.2) is 21.6 Å². The van der Waals surface area contributed by atoms with Gasteiger partial charge in [-0.15, -0.1) is 0 Å². The molecule has 1 unspecified atom stereocenters. The third-order valence-corrected chi connectivity index (χ3v) is 7.59. The Labute approximate surface area is 155 Å². The number of pyridine rings is 1. The Kier molecular flexibility index (Phi) is 6.91. The third kappa shape index (κ3) is 5.36. The van der Waals surface area contributed by atoms with Crippen molar-refractivity contribution >= 4 is 19.9 Å². The zero-order valence-corrected chi connectivity index (χ0v) is 16.6. The summed E-state index contributed by atoms with van der Waals surface area (Å²) in [5.74, 6) is -0.0200. The number of unbranched alkanes of at least 4 members (excludes halogenated alkanes) is 1. The summed E-state index contributed by atoms with van der Waals surface area (Å²) in [5.41, 5.74) is 1.40. The van der Waals surface area contributed by atoms with Crippen molar-refractivity contribution in [3.8, 4) is 0 Å². The number of sulfone groups is 1. The van der Waals surface area contributed by atoms with Gasteiger partial charge in [-0.1, -0.05) is 37.1 Å². The molecule has 0 bridgehead atoms. The van der Waals surface area contributed by atoms with Gasteiger partial charge >= 0.3 is 0 Å². The number of nitrogens with zero attached hydrogens (tertiary/aromatic N) is 1. The molecule has 1 aromatic heterocycles. The Balaban J connectivity index is 2.34. The molecule has 6 nitrogen and oxygen atoms in total. The second-order valence-electron chi connectivity index (χ2n) is 6.15. The van der Waals surface area contributed by atoms with E-state index in [4.69, 9.17) is 0 Å². The molecule has 1 N–H and O–H groups in total. The maximum Gasteiger partial charge on any atom is 0.211 e. The largest absolute Gasteiger partial charge is 0.264 e. The molecule has 0 radical (unpaired) electrons. The average molecular weight is 397 g/mol. The Morgan fingerprint density at radius 3 is 2.35 bits per heavy atom. The summed E-state index contributed by atoms with van der Waals surface area (Å²) in [6, 6.07) is 9.80. The molecular weight excluding hydrogens is 372 g/mol. The smallest absolute Gasteiger partial charge is 0.211 e. The van der Waals surface area contributed by atoms with Gasteiger partial charge in [0.2, 0.25) is 10.0 Å². The van der Waals surface area contributed by atoms with Gasteiger partial charge in [0.1, 0.15) is 5.25 Å². The van der Waals surface area contributed by atoms with Gasteiger partial charge in [0.25, 0.3) is 0 Å². The Bertz CT molecular complexity index is 909. The van der Waals surface area contributed by atoms with Crippen LogP contribution < -0.4 is 4.72 Å². The molecule has 0 aliphatic heterocycles. The molecule has 1 heterocycles. The molecule has 8 heteroatoms. The normalized spacial score (nSPS) is 13.5. The van der Waals surface area contributed by atoms with E-state index in [0.29, 0.717) is 12.0 Å². The molecule has 0 saturated heterocycles. The summed E-state index contributed by atoms with van der Waals surface area (Å²) in [7, 11) is -7.31. The number of nitrogens with one attached hydrogen (secondary N) is 1. The lowest BCUT2D eigenvalue weighted by Crippen LogP contribution is -2.33. The van der Waals surface area contributed by atoms with Crippen LogP contribution in [0.1, 0.15) is 36.1 Å². The lowest BCUT2D eigenvalue weighted by Gasteiger charge is -2.19. The van der Waals surface area contributed by atoms with Crippen LogP contribution in [0.3, 0.4) is 0 Å². The number of sulfonamides is 1. The molecule has 2 aromatic rings. The molecule has 0 spiro atoms. The van der Waals surface area contributed by atoms with E-state index >= 15 is 0 Å². The summed E-state index contributed by atoms with van der Waals surface area (Å²) in [4.78, 5) is 4.14. The number of hydrogen-bond donors (Lipinski definition) is 1. The molecule has 0 saturated carbocycles. The van der Waals surface area contributed by atoms with E-state index < -0.39 is 25.1 Å². The summed E-state index contributed by atoms with van der Waals surface area (Å²) < 4.78 is 52.9. The lowest BCUT2D eigenvalue weighted by atomic mass is 10.2. The van der Waals surface area contributed by atoms with Gasteiger partial charge in [-0.05, 0) is 37.1 Å². The quantitative estimate of drug-likeness (QED) is 0.703. The number of hydrogen-bond acceptors (Lipinski definition) is 5. The molecule has 0 fully saturated rings. The highest BCUT2D eigenvalue weighted by atomic mass is 32.2. The number of rotatable bonds is 9. The molecule has 0 amide bonds. The van der Waals surface area contributed by atoms with Crippen molar-refractivity contribution in [2.24, 2.45) is 0 Å². The van der Waals surface area contributed by atoms with Crippen molar-refractivity contribution in [2.75, 3.05) is 12.3 Å². The van der Waals surface area contributed by atoms with Crippen LogP contribution in [0.25, 0.3) is 0 Å². The zero-order valence-electron chi connectivity index (χ0n) is 14.9. The molecule has 142 valence electrons. The SMILES string of the molecule is CCCCS(=O)(=O)NCC(c1cccnc1)S(=O)(=O)c1ccc(C)cc1.